The maximum absolute atomic E-state index is 11.0. The molecule has 5 heteroatoms. The maximum atomic E-state index is 11.0. The van der Waals surface area contributed by atoms with Crippen molar-refractivity contribution in [3.63, 3.8) is 0 Å². The van der Waals surface area contributed by atoms with Crippen LogP contribution in [0.1, 0.15) is 35.2 Å². The van der Waals surface area contributed by atoms with Gasteiger partial charge >= 0.3 is 0 Å². The minimum atomic E-state index is 0.221. The lowest BCUT2D eigenvalue weighted by atomic mass is 10.2. The quantitative estimate of drug-likeness (QED) is 0.726. The highest BCUT2D eigenvalue weighted by Crippen LogP contribution is 2.25. The molecular formula is C15H17NO4. The van der Waals surface area contributed by atoms with Crippen molar-refractivity contribution in [3.8, 4) is 11.5 Å². The number of carbonyl (C=O) groups excluding carboxylic acids is 1. The Bertz CT molecular complexity index is 577. The van der Waals surface area contributed by atoms with E-state index in [4.69, 9.17) is 14.0 Å². The van der Waals surface area contributed by atoms with Gasteiger partial charge in [0.05, 0.1) is 17.9 Å². The Kier molecular flexibility index (Phi) is 4.76. The lowest BCUT2D eigenvalue weighted by Gasteiger charge is -2.10. The average Bonchev–Trinajstić information content (AvgIpc) is 2.88. The summed E-state index contributed by atoms with van der Waals surface area (Å²) in [6.45, 7) is 4.71. The molecule has 1 heterocycles. The molecule has 0 aliphatic heterocycles. The summed E-state index contributed by atoms with van der Waals surface area (Å²) in [7, 11) is 0. The van der Waals surface area contributed by atoms with E-state index in [0.29, 0.717) is 29.4 Å². The second kappa shape index (κ2) is 6.75. The molecule has 106 valence electrons. The largest absolute Gasteiger partial charge is 0.493 e. The predicted molar refractivity (Wildman–Crippen MR) is 73.2 cm³/mol. The van der Waals surface area contributed by atoms with E-state index < -0.39 is 0 Å². The van der Waals surface area contributed by atoms with Gasteiger partial charge in [-0.25, -0.2) is 0 Å². The highest BCUT2D eigenvalue weighted by molar-refractivity contribution is 5.79. The monoisotopic (exact) mass is 275 g/mol. The number of hydrogen-bond donors (Lipinski definition) is 0. The fourth-order valence-corrected chi connectivity index (χ4v) is 1.68. The number of aryl methyl sites for hydroxylation is 1. The summed E-state index contributed by atoms with van der Waals surface area (Å²) in [6.07, 6.45) is 1.67. The Balaban J connectivity index is 2.09. The van der Waals surface area contributed by atoms with Gasteiger partial charge in [-0.2, -0.15) is 0 Å². The van der Waals surface area contributed by atoms with Crippen molar-refractivity contribution in [2.45, 2.75) is 26.9 Å². The molecule has 2 rings (SSSR count). The lowest BCUT2D eigenvalue weighted by Crippen LogP contribution is -2.00. The van der Waals surface area contributed by atoms with Gasteiger partial charge in [0.2, 0.25) is 0 Å². The first-order valence-electron chi connectivity index (χ1n) is 6.50. The van der Waals surface area contributed by atoms with Gasteiger partial charge in [-0.1, -0.05) is 12.1 Å². The first kappa shape index (κ1) is 14.1. The Labute approximate surface area is 117 Å². The molecule has 1 aromatic heterocycles. The maximum Gasteiger partial charge on any atom is 0.174 e. The number of hydrogen-bond acceptors (Lipinski definition) is 5. The number of aldehydes is 1. The SMILES string of the molecule is CCCOc1ccc(C=O)c(OCc2cc(C)no2)c1. The van der Waals surface area contributed by atoms with E-state index in [1.54, 1.807) is 24.3 Å². The summed E-state index contributed by atoms with van der Waals surface area (Å²) < 4.78 is 16.2. The Morgan fingerprint density at radius 3 is 2.80 bits per heavy atom. The standard InChI is InChI=1S/C15H17NO4/c1-3-6-18-13-5-4-12(9-17)15(8-13)19-10-14-7-11(2)16-20-14/h4-5,7-9H,3,6,10H2,1-2H3. The molecule has 0 spiro atoms. The van der Waals surface area contributed by atoms with Gasteiger partial charge in [0.25, 0.3) is 0 Å². The first-order chi connectivity index (χ1) is 9.72. The number of benzene rings is 1. The van der Waals surface area contributed by atoms with Crippen LogP contribution in [0.4, 0.5) is 0 Å². The van der Waals surface area contributed by atoms with E-state index in [2.05, 4.69) is 5.16 Å². The second-order valence-electron chi connectivity index (χ2n) is 4.39. The number of nitrogens with zero attached hydrogens (tertiary/aromatic N) is 1. The van der Waals surface area contributed by atoms with Crippen molar-refractivity contribution < 1.29 is 18.8 Å². The van der Waals surface area contributed by atoms with Crippen LogP contribution < -0.4 is 9.47 Å². The minimum absolute atomic E-state index is 0.221. The van der Waals surface area contributed by atoms with Crippen LogP contribution in [-0.4, -0.2) is 18.0 Å². The lowest BCUT2D eigenvalue weighted by molar-refractivity contribution is 0.111. The second-order valence-corrected chi connectivity index (χ2v) is 4.39. The van der Waals surface area contributed by atoms with Crippen molar-refractivity contribution in [2.24, 2.45) is 0 Å². The summed E-state index contributed by atoms with van der Waals surface area (Å²) in [6, 6.07) is 6.93. The fourth-order valence-electron chi connectivity index (χ4n) is 1.68. The summed E-state index contributed by atoms with van der Waals surface area (Å²) in [5.41, 5.74) is 1.27. The topological polar surface area (TPSA) is 61.6 Å². The number of aromatic nitrogens is 1. The molecule has 0 amide bonds. The molecule has 0 radical (unpaired) electrons. The van der Waals surface area contributed by atoms with Crippen LogP contribution in [0.15, 0.2) is 28.8 Å². The van der Waals surface area contributed by atoms with Gasteiger partial charge in [0.15, 0.2) is 12.0 Å². The zero-order valence-corrected chi connectivity index (χ0v) is 11.6. The molecule has 0 aliphatic rings. The Morgan fingerprint density at radius 1 is 1.30 bits per heavy atom. The minimum Gasteiger partial charge on any atom is -0.493 e. The highest BCUT2D eigenvalue weighted by Gasteiger charge is 2.08. The molecule has 0 aliphatic carbocycles. The molecule has 5 nitrogen and oxygen atoms in total. The van der Waals surface area contributed by atoms with E-state index in [0.717, 1.165) is 18.4 Å². The smallest absolute Gasteiger partial charge is 0.174 e. The molecule has 0 saturated heterocycles. The zero-order chi connectivity index (χ0) is 14.4. The molecular weight excluding hydrogens is 258 g/mol. The molecule has 0 N–H and O–H groups in total. The van der Waals surface area contributed by atoms with Crippen LogP contribution in [0.2, 0.25) is 0 Å². The van der Waals surface area contributed by atoms with E-state index in [1.165, 1.54) is 0 Å². The van der Waals surface area contributed by atoms with E-state index in [9.17, 15) is 4.79 Å². The predicted octanol–water partition coefficient (Wildman–Crippen LogP) is 3.16. The van der Waals surface area contributed by atoms with Gasteiger partial charge in [0, 0.05) is 12.1 Å². The third-order valence-corrected chi connectivity index (χ3v) is 2.63. The number of carbonyl (C=O) groups is 1. The third kappa shape index (κ3) is 3.60. The van der Waals surface area contributed by atoms with Crippen LogP contribution in [0.3, 0.4) is 0 Å². The molecule has 0 bridgehead atoms. The molecule has 20 heavy (non-hydrogen) atoms. The summed E-state index contributed by atoms with van der Waals surface area (Å²) in [4.78, 5) is 11.0. The Hall–Kier alpha value is -2.30. The van der Waals surface area contributed by atoms with Crippen molar-refractivity contribution in [3.05, 3.63) is 41.3 Å². The van der Waals surface area contributed by atoms with Crippen molar-refractivity contribution in [1.29, 1.82) is 0 Å². The van der Waals surface area contributed by atoms with E-state index in [1.807, 2.05) is 13.8 Å². The van der Waals surface area contributed by atoms with Gasteiger partial charge < -0.3 is 14.0 Å². The van der Waals surface area contributed by atoms with Crippen LogP contribution in [0.5, 0.6) is 11.5 Å². The van der Waals surface area contributed by atoms with E-state index in [-0.39, 0.29) is 6.61 Å². The van der Waals surface area contributed by atoms with E-state index >= 15 is 0 Å². The molecule has 0 saturated carbocycles. The van der Waals surface area contributed by atoms with Crippen LogP contribution >= 0.6 is 0 Å². The number of rotatable bonds is 7. The third-order valence-electron chi connectivity index (χ3n) is 2.63. The Morgan fingerprint density at radius 2 is 2.15 bits per heavy atom. The zero-order valence-electron chi connectivity index (χ0n) is 11.6. The highest BCUT2D eigenvalue weighted by atomic mass is 16.5. The van der Waals surface area contributed by atoms with Gasteiger partial charge in [-0.3, -0.25) is 4.79 Å². The van der Waals surface area contributed by atoms with Crippen LogP contribution in [0.25, 0.3) is 0 Å². The molecule has 1 aromatic carbocycles. The van der Waals surface area contributed by atoms with Gasteiger partial charge in [0.1, 0.15) is 18.1 Å². The average molecular weight is 275 g/mol. The van der Waals surface area contributed by atoms with Gasteiger partial charge in [-0.05, 0) is 25.5 Å². The summed E-state index contributed by atoms with van der Waals surface area (Å²) >= 11 is 0. The first-order valence-corrected chi connectivity index (χ1v) is 6.50. The molecule has 0 atom stereocenters. The van der Waals surface area contributed by atoms with Crippen molar-refractivity contribution in [1.82, 2.24) is 5.16 Å². The fraction of sp³-hybridized carbons (Fsp3) is 0.333. The van der Waals surface area contributed by atoms with Crippen LogP contribution in [0, 0.1) is 6.92 Å². The molecule has 2 aromatic rings. The molecule has 0 unspecified atom stereocenters. The molecule has 0 fully saturated rings. The van der Waals surface area contributed by atoms with Crippen molar-refractivity contribution >= 4 is 6.29 Å². The summed E-state index contributed by atoms with van der Waals surface area (Å²) in [5.74, 6) is 1.77. The summed E-state index contributed by atoms with van der Waals surface area (Å²) in [5, 5.41) is 3.78. The van der Waals surface area contributed by atoms with Gasteiger partial charge in [-0.15, -0.1) is 0 Å². The number of ether oxygens (including phenoxy) is 2. The van der Waals surface area contributed by atoms with Crippen LogP contribution in [-0.2, 0) is 6.61 Å². The normalized spacial score (nSPS) is 10.3. The van der Waals surface area contributed by atoms with Crippen molar-refractivity contribution in [2.75, 3.05) is 6.61 Å².